The Kier molecular flexibility index (Phi) is 3.60. The summed E-state index contributed by atoms with van der Waals surface area (Å²) in [5, 5.41) is 0. The number of hydrogen-bond donors (Lipinski definition) is 2. The van der Waals surface area contributed by atoms with Gasteiger partial charge in [-0.15, -0.1) is 0 Å². The van der Waals surface area contributed by atoms with Crippen molar-refractivity contribution in [1.82, 2.24) is 9.97 Å². The highest BCUT2D eigenvalue weighted by Gasteiger charge is 2.10. The van der Waals surface area contributed by atoms with Gasteiger partial charge in [-0.05, 0) is 33.0 Å². The maximum absolute atomic E-state index is 11.4. The molecule has 0 aromatic carbocycles. The van der Waals surface area contributed by atoms with E-state index >= 15 is 0 Å². The van der Waals surface area contributed by atoms with E-state index in [2.05, 4.69) is 9.97 Å². The molecule has 0 saturated heterocycles. The lowest BCUT2D eigenvalue weighted by Gasteiger charge is -2.13. The zero-order valence-corrected chi connectivity index (χ0v) is 9.33. The monoisotopic (exact) mass is 214 g/mol. The van der Waals surface area contributed by atoms with Crippen LogP contribution in [0, 0.1) is 11.7 Å². The Balaban J connectivity index is 3.20. The van der Waals surface area contributed by atoms with Crippen LogP contribution in [-0.4, -0.2) is 16.6 Å². The van der Waals surface area contributed by atoms with Gasteiger partial charge in [0.1, 0.15) is 0 Å². The smallest absolute Gasteiger partial charge is 0.254 e. The van der Waals surface area contributed by atoms with Crippen molar-refractivity contribution in [2.24, 2.45) is 0 Å². The van der Waals surface area contributed by atoms with E-state index in [-0.39, 0.29) is 11.7 Å². The van der Waals surface area contributed by atoms with Gasteiger partial charge in [0, 0.05) is 12.2 Å². The molecule has 78 valence electrons. The molecule has 0 aliphatic rings. The maximum Gasteiger partial charge on any atom is 0.254 e. The van der Waals surface area contributed by atoms with Crippen LogP contribution < -0.4 is 5.56 Å². The summed E-state index contributed by atoms with van der Waals surface area (Å²) in [7, 11) is 0. The van der Waals surface area contributed by atoms with Gasteiger partial charge >= 0.3 is 0 Å². The summed E-state index contributed by atoms with van der Waals surface area (Å²) >= 11 is 4.88. The van der Waals surface area contributed by atoms with E-state index in [9.17, 15) is 4.79 Å². The predicted molar refractivity (Wildman–Crippen MR) is 57.0 cm³/mol. The van der Waals surface area contributed by atoms with E-state index in [1.165, 1.54) is 0 Å². The first-order valence-corrected chi connectivity index (χ1v) is 4.91. The second kappa shape index (κ2) is 4.52. The SMILES string of the molecule is CCOC(C)c1[nH]c(=S)[nH]c(=O)c1C. The van der Waals surface area contributed by atoms with Crippen molar-refractivity contribution in [3.63, 3.8) is 0 Å². The molecule has 0 aliphatic carbocycles. The quantitative estimate of drug-likeness (QED) is 0.755. The predicted octanol–water partition coefficient (Wildman–Crippen LogP) is 1.84. The lowest BCUT2D eigenvalue weighted by atomic mass is 10.2. The van der Waals surface area contributed by atoms with Crippen LogP contribution in [0.25, 0.3) is 0 Å². The lowest BCUT2D eigenvalue weighted by Crippen LogP contribution is -2.17. The van der Waals surface area contributed by atoms with Crippen molar-refractivity contribution in [2.75, 3.05) is 6.61 Å². The van der Waals surface area contributed by atoms with E-state index in [4.69, 9.17) is 17.0 Å². The van der Waals surface area contributed by atoms with Gasteiger partial charge in [0.2, 0.25) is 0 Å². The van der Waals surface area contributed by atoms with Gasteiger partial charge in [-0.25, -0.2) is 0 Å². The number of aromatic nitrogens is 2. The average Bonchev–Trinajstić information content (AvgIpc) is 2.11. The number of rotatable bonds is 3. The number of nitrogens with one attached hydrogen (secondary N) is 2. The van der Waals surface area contributed by atoms with E-state index < -0.39 is 0 Å². The molecule has 0 amide bonds. The van der Waals surface area contributed by atoms with Crippen molar-refractivity contribution in [2.45, 2.75) is 26.9 Å². The molecule has 2 N–H and O–H groups in total. The molecule has 1 aromatic rings. The molecule has 5 heteroatoms. The third-order valence-electron chi connectivity index (χ3n) is 2.04. The fourth-order valence-electron chi connectivity index (χ4n) is 1.31. The molecule has 0 radical (unpaired) electrons. The Bertz CT molecular complexity index is 422. The maximum atomic E-state index is 11.4. The van der Waals surface area contributed by atoms with Crippen LogP contribution in [0.5, 0.6) is 0 Å². The first kappa shape index (κ1) is 11.1. The fourth-order valence-corrected chi connectivity index (χ4v) is 1.51. The summed E-state index contributed by atoms with van der Waals surface area (Å²) in [5.74, 6) is 0. The molecule has 0 spiro atoms. The molecular formula is C9H14N2O2S. The minimum Gasteiger partial charge on any atom is -0.373 e. The van der Waals surface area contributed by atoms with E-state index in [0.29, 0.717) is 16.9 Å². The Labute approximate surface area is 87.3 Å². The molecule has 0 aliphatic heterocycles. The highest BCUT2D eigenvalue weighted by molar-refractivity contribution is 7.71. The van der Waals surface area contributed by atoms with Gasteiger partial charge in [0.15, 0.2) is 4.77 Å². The molecule has 1 heterocycles. The summed E-state index contributed by atoms with van der Waals surface area (Å²) in [5.41, 5.74) is 1.22. The highest BCUT2D eigenvalue weighted by atomic mass is 32.1. The molecule has 1 atom stereocenters. The van der Waals surface area contributed by atoms with Crippen molar-refractivity contribution in [1.29, 1.82) is 0 Å². The molecule has 1 unspecified atom stereocenters. The van der Waals surface area contributed by atoms with Crippen LogP contribution in [0.15, 0.2) is 4.79 Å². The number of aromatic amines is 2. The van der Waals surface area contributed by atoms with Crippen molar-refractivity contribution < 1.29 is 4.74 Å². The zero-order valence-electron chi connectivity index (χ0n) is 8.51. The van der Waals surface area contributed by atoms with Gasteiger partial charge in [-0.3, -0.25) is 9.78 Å². The van der Waals surface area contributed by atoms with Crippen LogP contribution >= 0.6 is 12.2 Å². The number of ether oxygens (including phenoxy) is 1. The second-order valence-corrected chi connectivity index (χ2v) is 3.45. The molecule has 1 aromatic heterocycles. The van der Waals surface area contributed by atoms with Gasteiger partial charge < -0.3 is 9.72 Å². The van der Waals surface area contributed by atoms with Crippen LogP contribution in [0.2, 0.25) is 0 Å². The molecule has 1 rings (SSSR count). The Morgan fingerprint density at radius 1 is 1.50 bits per heavy atom. The first-order chi connectivity index (χ1) is 6.56. The van der Waals surface area contributed by atoms with Crippen LogP contribution in [-0.2, 0) is 4.74 Å². The summed E-state index contributed by atoms with van der Waals surface area (Å²) in [6, 6.07) is 0. The van der Waals surface area contributed by atoms with Crippen LogP contribution in [0.3, 0.4) is 0 Å². The summed E-state index contributed by atoms with van der Waals surface area (Å²) < 4.78 is 5.72. The average molecular weight is 214 g/mol. The summed E-state index contributed by atoms with van der Waals surface area (Å²) in [4.78, 5) is 16.8. The normalized spacial score (nSPS) is 12.8. The standard InChI is InChI=1S/C9H14N2O2S/c1-4-13-6(3)7-5(2)8(12)11-9(14)10-7/h6H,4H2,1-3H3,(H2,10,11,12,14). The Morgan fingerprint density at radius 2 is 2.14 bits per heavy atom. The first-order valence-electron chi connectivity index (χ1n) is 4.51. The number of hydrogen-bond acceptors (Lipinski definition) is 3. The Hall–Kier alpha value is -0.940. The van der Waals surface area contributed by atoms with Gasteiger partial charge in [0.05, 0.1) is 11.8 Å². The van der Waals surface area contributed by atoms with Gasteiger partial charge in [-0.1, -0.05) is 0 Å². The lowest BCUT2D eigenvalue weighted by molar-refractivity contribution is 0.0726. The largest absolute Gasteiger partial charge is 0.373 e. The van der Waals surface area contributed by atoms with Gasteiger partial charge in [-0.2, -0.15) is 0 Å². The molecule has 0 saturated carbocycles. The van der Waals surface area contributed by atoms with E-state index in [0.717, 1.165) is 5.69 Å². The minimum absolute atomic E-state index is 0.135. The Morgan fingerprint density at radius 3 is 2.71 bits per heavy atom. The third-order valence-corrected chi connectivity index (χ3v) is 2.25. The van der Waals surface area contributed by atoms with Crippen LogP contribution in [0.1, 0.15) is 31.2 Å². The fraction of sp³-hybridized carbons (Fsp3) is 0.556. The van der Waals surface area contributed by atoms with Gasteiger partial charge in [0.25, 0.3) is 5.56 Å². The number of H-pyrrole nitrogens is 2. The van der Waals surface area contributed by atoms with Crippen molar-refractivity contribution >= 4 is 12.2 Å². The van der Waals surface area contributed by atoms with Crippen molar-refractivity contribution in [3.05, 3.63) is 26.4 Å². The molecule has 0 bridgehead atoms. The summed E-state index contributed by atoms with van der Waals surface area (Å²) in [6.07, 6.45) is -0.135. The molecule has 4 nitrogen and oxygen atoms in total. The molecule has 0 fully saturated rings. The van der Waals surface area contributed by atoms with E-state index in [1.54, 1.807) is 6.92 Å². The molecular weight excluding hydrogens is 200 g/mol. The van der Waals surface area contributed by atoms with Crippen molar-refractivity contribution in [3.8, 4) is 0 Å². The topological polar surface area (TPSA) is 57.9 Å². The summed E-state index contributed by atoms with van der Waals surface area (Å²) in [6.45, 7) is 6.15. The third kappa shape index (κ3) is 2.30. The highest BCUT2D eigenvalue weighted by Crippen LogP contribution is 2.14. The van der Waals surface area contributed by atoms with Crippen LogP contribution in [0.4, 0.5) is 0 Å². The zero-order chi connectivity index (χ0) is 10.7. The minimum atomic E-state index is -0.157. The second-order valence-electron chi connectivity index (χ2n) is 3.04. The van der Waals surface area contributed by atoms with E-state index in [1.807, 2.05) is 13.8 Å². The molecule has 14 heavy (non-hydrogen) atoms.